The van der Waals surface area contributed by atoms with E-state index < -0.39 is 0 Å². The molecule has 4 heterocycles. The van der Waals surface area contributed by atoms with Crippen LogP contribution in [0.25, 0.3) is 83.7 Å². The minimum absolute atomic E-state index is 0.00851. The second-order valence-corrected chi connectivity index (χ2v) is 14.9. The number of nitrogens with one attached hydrogen (secondary N) is 1. The van der Waals surface area contributed by atoms with Gasteiger partial charge in [-0.05, 0) is 71.7 Å². The molecule has 0 fully saturated rings. The van der Waals surface area contributed by atoms with Crippen LogP contribution in [0.4, 0.5) is 0 Å². The molecule has 2 unspecified atom stereocenters. The van der Waals surface area contributed by atoms with E-state index in [1.807, 2.05) is 24.3 Å². The molecule has 0 bridgehead atoms. The lowest BCUT2D eigenvalue weighted by atomic mass is 9.96. The summed E-state index contributed by atoms with van der Waals surface area (Å²) in [6, 6.07) is 57.3. The third kappa shape index (κ3) is 5.11. The van der Waals surface area contributed by atoms with Crippen LogP contribution >= 0.6 is 0 Å². The number of hydrogen-bond acceptors (Lipinski definition) is 5. The van der Waals surface area contributed by atoms with Gasteiger partial charge in [-0.3, -0.25) is 0 Å². The zero-order valence-corrected chi connectivity index (χ0v) is 30.8. The van der Waals surface area contributed by atoms with Crippen LogP contribution in [0.15, 0.2) is 183 Å². The molecule has 2 atom stereocenters. The first-order valence-corrected chi connectivity index (χ1v) is 19.5. The second-order valence-electron chi connectivity index (χ2n) is 14.9. The molecule has 0 radical (unpaired) electrons. The van der Waals surface area contributed by atoms with E-state index in [0.717, 1.165) is 101 Å². The lowest BCUT2D eigenvalue weighted by Crippen LogP contribution is -2.36. The summed E-state index contributed by atoms with van der Waals surface area (Å²) < 4.78 is 15.5. The number of amidine groups is 2. The van der Waals surface area contributed by atoms with E-state index in [9.17, 15) is 0 Å². The van der Waals surface area contributed by atoms with Crippen molar-refractivity contribution in [1.29, 1.82) is 0 Å². The average Bonchev–Trinajstić information content (AvgIpc) is 3.95. The lowest BCUT2D eigenvalue weighted by Gasteiger charge is -2.26. The first kappa shape index (κ1) is 31.9. The first-order valence-electron chi connectivity index (χ1n) is 19.5. The average molecular weight is 735 g/mol. The topological polar surface area (TPSA) is 68.0 Å². The van der Waals surface area contributed by atoms with Gasteiger partial charge in [0.25, 0.3) is 0 Å². The van der Waals surface area contributed by atoms with Gasteiger partial charge in [0.1, 0.15) is 34.4 Å². The van der Waals surface area contributed by atoms with Crippen molar-refractivity contribution < 1.29 is 8.83 Å². The summed E-state index contributed by atoms with van der Waals surface area (Å²) in [6.07, 6.45) is 5.01. The van der Waals surface area contributed by atoms with Crippen LogP contribution < -0.4 is 16.0 Å². The molecule has 6 nitrogen and oxygen atoms in total. The Kier molecular flexibility index (Phi) is 7.01. The highest BCUT2D eigenvalue weighted by Crippen LogP contribution is 2.39. The van der Waals surface area contributed by atoms with Gasteiger partial charge in [0.05, 0.1) is 16.7 Å². The molecular weight excluding hydrogens is 701 g/mol. The number of rotatable bonds is 5. The molecule has 1 aliphatic heterocycles. The fourth-order valence-electron chi connectivity index (χ4n) is 8.83. The maximum Gasteiger partial charge on any atom is 0.159 e. The van der Waals surface area contributed by atoms with Gasteiger partial charge < -0.3 is 18.7 Å². The molecule has 0 amide bonds. The monoisotopic (exact) mass is 734 g/mol. The van der Waals surface area contributed by atoms with Gasteiger partial charge in [-0.25, -0.2) is 9.98 Å². The summed E-state index contributed by atoms with van der Waals surface area (Å²) in [7, 11) is 0. The highest BCUT2D eigenvalue weighted by molar-refractivity contribution is 6.13. The van der Waals surface area contributed by atoms with Crippen molar-refractivity contribution in [3.63, 3.8) is 0 Å². The SMILES string of the molecule is C1=c2oc3cc(-c4ccc5oc6c(-n7c8ccccc8c8ccccc87)cccc6c5c4)ccc3c2=CC(C2=NC(c3ccccc3)NC(c3ccccc3)=N2)C1. The Morgan fingerprint density at radius 3 is 2.07 bits per heavy atom. The van der Waals surface area contributed by atoms with Crippen molar-refractivity contribution in [2.24, 2.45) is 15.9 Å². The first-order chi connectivity index (χ1) is 28.2. The molecule has 270 valence electrons. The van der Waals surface area contributed by atoms with E-state index in [-0.39, 0.29) is 12.1 Å². The van der Waals surface area contributed by atoms with Gasteiger partial charge in [-0.1, -0.05) is 127 Å². The maximum absolute atomic E-state index is 6.67. The summed E-state index contributed by atoms with van der Waals surface area (Å²) in [5, 5.41) is 10.4. The van der Waals surface area contributed by atoms with Gasteiger partial charge in [0.15, 0.2) is 5.58 Å². The zero-order valence-electron chi connectivity index (χ0n) is 30.8. The molecule has 3 aromatic heterocycles. The number of para-hydroxylation sites is 3. The summed E-state index contributed by atoms with van der Waals surface area (Å²) >= 11 is 0. The Morgan fingerprint density at radius 2 is 1.26 bits per heavy atom. The number of fused-ring (bicyclic) bond motifs is 9. The maximum atomic E-state index is 6.67. The molecule has 2 aliphatic rings. The van der Waals surface area contributed by atoms with Gasteiger partial charge in [0.2, 0.25) is 0 Å². The van der Waals surface area contributed by atoms with Crippen LogP contribution in [0, 0.1) is 5.92 Å². The highest BCUT2D eigenvalue weighted by atomic mass is 16.3. The van der Waals surface area contributed by atoms with E-state index in [0.29, 0.717) is 0 Å². The Morgan fingerprint density at radius 1 is 0.561 bits per heavy atom. The smallest absolute Gasteiger partial charge is 0.159 e. The van der Waals surface area contributed by atoms with Crippen molar-refractivity contribution in [2.75, 3.05) is 0 Å². The van der Waals surface area contributed by atoms with E-state index in [4.69, 9.17) is 18.8 Å². The van der Waals surface area contributed by atoms with Crippen LogP contribution in [-0.2, 0) is 0 Å². The van der Waals surface area contributed by atoms with Crippen LogP contribution in [0.3, 0.4) is 0 Å². The molecule has 1 N–H and O–H groups in total. The molecule has 57 heavy (non-hydrogen) atoms. The minimum atomic E-state index is -0.225. The van der Waals surface area contributed by atoms with Crippen molar-refractivity contribution in [2.45, 2.75) is 12.6 Å². The largest absolute Gasteiger partial charge is 0.456 e. The van der Waals surface area contributed by atoms with Crippen LogP contribution in [0.1, 0.15) is 23.7 Å². The zero-order chi connectivity index (χ0) is 37.5. The predicted octanol–water partition coefficient (Wildman–Crippen LogP) is 10.8. The molecule has 1 aliphatic carbocycles. The standard InChI is InChI=1S/C51H34N4O2/c1-3-12-31(13-4-1)49-52-50(32-14-5-2-6-15-32)54-51(53-49)35-24-27-45-40(29-35)38-25-22-34(30-47(38)56-45)33-23-26-46-41(28-33)39-18-11-21-44(48(39)57-46)55-42-19-9-7-16-36(42)37-17-8-10-20-43(37)55/h1-23,25-30,35,49H,24H2,(H,52,53,54). The highest BCUT2D eigenvalue weighted by Gasteiger charge is 2.25. The van der Waals surface area contributed by atoms with Crippen molar-refractivity contribution in [3.8, 4) is 16.8 Å². The Bertz CT molecular complexity index is 3370. The Hall–Kier alpha value is -7.44. The number of furan rings is 2. The fraction of sp³-hybridized carbons (Fsp3) is 0.0588. The molecule has 0 saturated heterocycles. The van der Waals surface area contributed by atoms with Crippen LogP contribution in [0.5, 0.6) is 0 Å². The molecule has 0 saturated carbocycles. The van der Waals surface area contributed by atoms with Crippen molar-refractivity contribution in [3.05, 3.63) is 186 Å². The molecular formula is C51H34N4O2. The molecule has 12 rings (SSSR count). The van der Waals surface area contributed by atoms with Crippen LogP contribution in [-0.4, -0.2) is 16.2 Å². The number of hydrogen-bond donors (Lipinski definition) is 1. The second kappa shape index (κ2) is 12.5. The van der Waals surface area contributed by atoms with Gasteiger partial charge in [0, 0.05) is 43.6 Å². The summed E-state index contributed by atoms with van der Waals surface area (Å²) in [5.41, 5.74) is 11.2. The molecule has 7 aromatic carbocycles. The molecule has 10 aromatic rings. The molecule has 0 spiro atoms. The third-order valence-electron chi connectivity index (χ3n) is 11.6. The Balaban J connectivity index is 0.928. The number of aromatic nitrogens is 1. The van der Waals surface area contributed by atoms with E-state index in [1.165, 1.54) is 10.8 Å². The number of nitrogens with zero attached hydrogens (tertiary/aromatic N) is 3. The normalized spacial score (nSPS) is 16.6. The van der Waals surface area contributed by atoms with Crippen molar-refractivity contribution >= 4 is 78.5 Å². The Labute approximate surface area is 327 Å². The van der Waals surface area contributed by atoms with Gasteiger partial charge in [-0.2, -0.15) is 0 Å². The van der Waals surface area contributed by atoms with Crippen LogP contribution in [0.2, 0.25) is 0 Å². The third-order valence-corrected chi connectivity index (χ3v) is 11.6. The van der Waals surface area contributed by atoms with E-state index >= 15 is 0 Å². The molecule has 6 heteroatoms. The number of benzene rings is 7. The quantitative estimate of drug-likeness (QED) is 0.191. The number of aliphatic imine (C=N–C) groups is 2. The fourth-order valence-corrected chi connectivity index (χ4v) is 8.83. The van der Waals surface area contributed by atoms with Gasteiger partial charge >= 0.3 is 0 Å². The van der Waals surface area contributed by atoms with E-state index in [2.05, 4.69) is 162 Å². The summed E-state index contributed by atoms with van der Waals surface area (Å²) in [6.45, 7) is 0. The summed E-state index contributed by atoms with van der Waals surface area (Å²) in [4.78, 5) is 10.3. The van der Waals surface area contributed by atoms with Gasteiger partial charge in [-0.15, -0.1) is 0 Å². The minimum Gasteiger partial charge on any atom is -0.456 e. The summed E-state index contributed by atoms with van der Waals surface area (Å²) in [5.74, 6) is 1.66. The van der Waals surface area contributed by atoms with Crippen molar-refractivity contribution in [1.82, 2.24) is 9.88 Å². The lowest BCUT2D eigenvalue weighted by molar-refractivity contribution is 0.570. The predicted molar refractivity (Wildman–Crippen MR) is 232 cm³/mol. The van der Waals surface area contributed by atoms with E-state index in [1.54, 1.807) is 0 Å².